The zero-order valence-corrected chi connectivity index (χ0v) is 16.3. The molecule has 0 saturated heterocycles. The summed E-state index contributed by atoms with van der Waals surface area (Å²) in [6, 6.07) is 5.30. The van der Waals surface area contributed by atoms with Gasteiger partial charge in [-0.3, -0.25) is 9.48 Å². The summed E-state index contributed by atoms with van der Waals surface area (Å²) < 4.78 is 7.16. The van der Waals surface area contributed by atoms with Crippen LogP contribution in [0.5, 0.6) is 0 Å². The van der Waals surface area contributed by atoms with E-state index >= 15 is 0 Å². The van der Waals surface area contributed by atoms with E-state index in [1.807, 2.05) is 6.92 Å². The fraction of sp³-hybridized carbons (Fsp3) is 0.235. The number of thiophene rings is 1. The lowest BCUT2D eigenvalue weighted by molar-refractivity contribution is -0.116. The molecular formula is C17H15Cl2N3O3S. The highest BCUT2D eigenvalue weighted by Gasteiger charge is 2.18. The molecule has 26 heavy (non-hydrogen) atoms. The molecule has 6 nitrogen and oxygen atoms in total. The van der Waals surface area contributed by atoms with Crippen molar-refractivity contribution < 1.29 is 14.3 Å². The molecule has 1 amide bonds. The highest BCUT2D eigenvalue weighted by atomic mass is 35.5. The molecule has 0 aliphatic heterocycles. The van der Waals surface area contributed by atoms with Crippen molar-refractivity contribution in [3.05, 3.63) is 45.0 Å². The van der Waals surface area contributed by atoms with Crippen LogP contribution in [-0.2, 0) is 16.1 Å². The van der Waals surface area contributed by atoms with Crippen molar-refractivity contribution in [3.8, 4) is 0 Å². The zero-order chi connectivity index (χ0) is 18.8. The van der Waals surface area contributed by atoms with Crippen molar-refractivity contribution in [3.63, 3.8) is 0 Å². The first-order chi connectivity index (χ1) is 12.4. The Morgan fingerprint density at radius 2 is 2.12 bits per heavy atom. The van der Waals surface area contributed by atoms with Gasteiger partial charge >= 0.3 is 5.97 Å². The Morgan fingerprint density at radius 3 is 2.77 bits per heavy atom. The number of halogens is 2. The summed E-state index contributed by atoms with van der Waals surface area (Å²) in [4.78, 5) is 24.2. The Bertz CT molecular complexity index is 977. The fourth-order valence-corrected chi connectivity index (χ4v) is 4.03. The summed E-state index contributed by atoms with van der Waals surface area (Å²) in [7, 11) is 1.31. The van der Waals surface area contributed by atoms with Crippen molar-refractivity contribution in [1.29, 1.82) is 0 Å². The molecule has 0 unspecified atom stereocenters. The molecule has 0 bridgehead atoms. The van der Waals surface area contributed by atoms with E-state index in [2.05, 4.69) is 10.4 Å². The van der Waals surface area contributed by atoms with E-state index in [4.69, 9.17) is 27.9 Å². The molecule has 2 heterocycles. The van der Waals surface area contributed by atoms with Gasteiger partial charge in [0.15, 0.2) is 0 Å². The lowest BCUT2D eigenvalue weighted by Crippen LogP contribution is -2.14. The van der Waals surface area contributed by atoms with Gasteiger partial charge in [0.05, 0.1) is 22.8 Å². The summed E-state index contributed by atoms with van der Waals surface area (Å²) in [6.45, 7) is 2.24. The minimum Gasteiger partial charge on any atom is -0.465 e. The Balaban J connectivity index is 1.70. The van der Waals surface area contributed by atoms with E-state index in [-0.39, 0.29) is 12.3 Å². The number of hydrogen-bond donors (Lipinski definition) is 1. The van der Waals surface area contributed by atoms with E-state index in [1.165, 1.54) is 18.4 Å². The van der Waals surface area contributed by atoms with Crippen LogP contribution in [0.2, 0.25) is 10.0 Å². The van der Waals surface area contributed by atoms with Gasteiger partial charge < -0.3 is 10.1 Å². The van der Waals surface area contributed by atoms with Crippen LogP contribution < -0.4 is 5.32 Å². The Kier molecular flexibility index (Phi) is 5.50. The fourth-order valence-electron chi connectivity index (χ4n) is 2.41. The number of methoxy groups -OCH3 is 1. The minimum atomic E-state index is -0.477. The highest BCUT2D eigenvalue weighted by Crippen LogP contribution is 2.37. The standard InChI is InChI=1S/C17H15Cl2N3O3S/c1-9-12(18)8-22(21-9)6-5-14(23)20-10-3-4-11-13(7-10)26-16(15(11)19)17(24)25-2/h3-4,7-8H,5-6H2,1-2H3,(H,20,23). The summed E-state index contributed by atoms with van der Waals surface area (Å²) in [6.07, 6.45) is 1.95. The van der Waals surface area contributed by atoms with Gasteiger partial charge in [-0.2, -0.15) is 5.10 Å². The van der Waals surface area contributed by atoms with Crippen molar-refractivity contribution in [2.75, 3.05) is 12.4 Å². The Morgan fingerprint density at radius 1 is 1.35 bits per heavy atom. The lowest BCUT2D eigenvalue weighted by Gasteiger charge is -2.05. The molecule has 3 aromatic rings. The molecule has 0 atom stereocenters. The number of nitrogens with zero attached hydrogens (tertiary/aromatic N) is 2. The van der Waals surface area contributed by atoms with E-state index in [1.54, 1.807) is 29.1 Å². The van der Waals surface area contributed by atoms with E-state index in [9.17, 15) is 9.59 Å². The van der Waals surface area contributed by atoms with E-state index in [0.29, 0.717) is 27.2 Å². The molecule has 2 aromatic heterocycles. The number of carbonyl (C=O) groups is 2. The molecule has 0 fully saturated rings. The van der Waals surface area contributed by atoms with Crippen molar-refractivity contribution in [2.24, 2.45) is 0 Å². The summed E-state index contributed by atoms with van der Waals surface area (Å²) in [5, 5.41) is 8.73. The third-order valence-corrected chi connectivity index (χ3v) is 5.75. The van der Waals surface area contributed by atoms with Gasteiger partial charge in [-0.25, -0.2) is 4.79 Å². The Hall–Kier alpha value is -2.09. The predicted molar refractivity (Wildman–Crippen MR) is 103 cm³/mol. The third kappa shape index (κ3) is 3.85. The van der Waals surface area contributed by atoms with Gasteiger partial charge in [-0.05, 0) is 25.1 Å². The van der Waals surface area contributed by atoms with Crippen molar-refractivity contribution >= 4 is 62.2 Å². The molecule has 0 saturated carbocycles. The number of ether oxygens (including phenoxy) is 1. The number of nitrogens with one attached hydrogen (secondary N) is 1. The molecule has 9 heteroatoms. The SMILES string of the molecule is COC(=O)c1sc2cc(NC(=O)CCn3cc(Cl)c(C)n3)ccc2c1Cl. The average Bonchev–Trinajstić information content (AvgIpc) is 3.11. The third-order valence-electron chi connectivity index (χ3n) is 3.74. The highest BCUT2D eigenvalue weighted by molar-refractivity contribution is 7.21. The number of carbonyl (C=O) groups excluding carboxylic acids is 2. The molecule has 1 N–H and O–H groups in total. The monoisotopic (exact) mass is 411 g/mol. The van der Waals surface area contributed by atoms with Crippen LogP contribution >= 0.6 is 34.5 Å². The quantitative estimate of drug-likeness (QED) is 0.625. The first-order valence-electron chi connectivity index (χ1n) is 7.69. The van der Waals surface area contributed by atoms with E-state index < -0.39 is 5.97 Å². The summed E-state index contributed by atoms with van der Waals surface area (Å²) in [5.41, 5.74) is 1.36. The second kappa shape index (κ2) is 7.65. The minimum absolute atomic E-state index is 0.149. The first kappa shape index (κ1) is 18.7. The molecule has 0 radical (unpaired) electrons. The van der Waals surface area contributed by atoms with Crippen LogP contribution in [0.25, 0.3) is 10.1 Å². The van der Waals surface area contributed by atoms with Gasteiger partial charge in [0.1, 0.15) is 4.88 Å². The van der Waals surface area contributed by atoms with Crippen LogP contribution in [0.3, 0.4) is 0 Å². The average molecular weight is 412 g/mol. The molecule has 0 spiro atoms. The largest absolute Gasteiger partial charge is 0.465 e. The van der Waals surface area contributed by atoms with Gasteiger partial charge in [0, 0.05) is 34.9 Å². The maximum atomic E-state index is 12.2. The number of esters is 1. The van der Waals surface area contributed by atoms with Gasteiger partial charge in [-0.15, -0.1) is 11.3 Å². The smallest absolute Gasteiger partial charge is 0.349 e. The maximum absolute atomic E-state index is 12.2. The van der Waals surface area contributed by atoms with Crippen LogP contribution in [-0.4, -0.2) is 28.8 Å². The molecule has 1 aromatic carbocycles. The maximum Gasteiger partial charge on any atom is 0.349 e. The predicted octanol–water partition coefficient (Wildman–Crippen LogP) is 4.53. The van der Waals surface area contributed by atoms with Crippen LogP contribution in [0, 0.1) is 6.92 Å². The number of hydrogen-bond acceptors (Lipinski definition) is 5. The first-order valence-corrected chi connectivity index (χ1v) is 9.26. The Labute approximate surface area is 163 Å². The zero-order valence-electron chi connectivity index (χ0n) is 14.0. The molecule has 136 valence electrons. The number of aromatic nitrogens is 2. The van der Waals surface area contributed by atoms with Gasteiger partial charge in [0.25, 0.3) is 0 Å². The number of aryl methyl sites for hydroxylation is 2. The van der Waals surface area contributed by atoms with E-state index in [0.717, 1.165) is 15.8 Å². The number of fused-ring (bicyclic) bond motifs is 1. The van der Waals surface area contributed by atoms with Gasteiger partial charge in [0.2, 0.25) is 5.91 Å². The molecule has 3 rings (SSSR count). The second-order valence-electron chi connectivity index (χ2n) is 5.57. The normalized spacial score (nSPS) is 10.9. The van der Waals surface area contributed by atoms with Crippen LogP contribution in [0.4, 0.5) is 5.69 Å². The topological polar surface area (TPSA) is 73.2 Å². The number of amides is 1. The van der Waals surface area contributed by atoms with Crippen LogP contribution in [0.15, 0.2) is 24.4 Å². The van der Waals surface area contributed by atoms with Crippen LogP contribution in [0.1, 0.15) is 21.8 Å². The van der Waals surface area contributed by atoms with Crippen molar-refractivity contribution in [2.45, 2.75) is 19.9 Å². The number of rotatable bonds is 5. The number of benzene rings is 1. The van der Waals surface area contributed by atoms with Gasteiger partial charge in [-0.1, -0.05) is 23.2 Å². The second-order valence-corrected chi connectivity index (χ2v) is 7.41. The molecule has 0 aliphatic rings. The molecule has 0 aliphatic carbocycles. The van der Waals surface area contributed by atoms with Crippen molar-refractivity contribution in [1.82, 2.24) is 9.78 Å². The lowest BCUT2D eigenvalue weighted by atomic mass is 10.2. The summed E-state index contributed by atoms with van der Waals surface area (Å²) >= 11 is 13.4. The number of anilines is 1. The summed E-state index contributed by atoms with van der Waals surface area (Å²) in [5.74, 6) is -0.626. The molecular weight excluding hydrogens is 397 g/mol.